The van der Waals surface area contributed by atoms with Crippen LogP contribution in [0.4, 0.5) is 0 Å². The lowest BCUT2D eigenvalue weighted by atomic mass is 9.65. The number of hydrogen-bond donors (Lipinski definition) is 0. The highest BCUT2D eigenvalue weighted by atomic mass is 32.1. The van der Waals surface area contributed by atoms with E-state index in [0.717, 1.165) is 109 Å². The summed E-state index contributed by atoms with van der Waals surface area (Å²) in [6.45, 7) is 0. The molecule has 1 atom stereocenters. The second-order valence-electron chi connectivity index (χ2n) is 21.4. The van der Waals surface area contributed by atoms with Crippen LogP contribution < -0.4 is 0 Å². The quantitative estimate of drug-likeness (QED) is 0.165. The molecule has 380 valence electrons. The lowest BCUT2D eigenvalue weighted by Gasteiger charge is -2.39. The topological polar surface area (TPSA) is 82.5 Å². The van der Waals surface area contributed by atoms with Crippen molar-refractivity contribution in [2.45, 2.75) is 5.41 Å². The molecular formula is C74H42N6OS. The van der Waals surface area contributed by atoms with Gasteiger partial charge in [-0.3, -0.25) is 0 Å². The van der Waals surface area contributed by atoms with Crippen molar-refractivity contribution in [2.24, 2.45) is 0 Å². The summed E-state index contributed by atoms with van der Waals surface area (Å²) in [4.78, 5) is 27.5. The Bertz CT molecular complexity index is 5370. The van der Waals surface area contributed by atoms with Gasteiger partial charge in [-0.25, -0.2) is 24.9 Å². The van der Waals surface area contributed by atoms with Gasteiger partial charge < -0.3 is 8.98 Å². The van der Waals surface area contributed by atoms with Gasteiger partial charge in [0.1, 0.15) is 11.2 Å². The summed E-state index contributed by atoms with van der Waals surface area (Å²) in [5.74, 6) is 2.41. The van der Waals surface area contributed by atoms with Crippen LogP contribution in [0.5, 0.6) is 0 Å². The number of fused-ring (bicyclic) bond motifs is 18. The van der Waals surface area contributed by atoms with Crippen LogP contribution in [0.3, 0.4) is 0 Å². The maximum absolute atomic E-state index is 6.50. The van der Waals surface area contributed by atoms with E-state index in [1.54, 1.807) is 11.3 Å². The first-order chi connectivity index (χ1) is 40.6. The van der Waals surface area contributed by atoms with Crippen LogP contribution in [0.25, 0.3) is 149 Å². The zero-order valence-corrected chi connectivity index (χ0v) is 44.6. The van der Waals surface area contributed by atoms with Gasteiger partial charge in [0.15, 0.2) is 23.3 Å². The Labute approximate surface area is 473 Å². The van der Waals surface area contributed by atoms with E-state index in [1.807, 2.05) is 36.4 Å². The van der Waals surface area contributed by atoms with Crippen LogP contribution in [0, 0.1) is 0 Å². The van der Waals surface area contributed by atoms with Gasteiger partial charge in [0.05, 0.1) is 38.0 Å². The van der Waals surface area contributed by atoms with E-state index in [9.17, 15) is 0 Å². The number of furan rings is 1. The molecule has 82 heavy (non-hydrogen) atoms. The summed E-state index contributed by atoms with van der Waals surface area (Å²) in [7, 11) is 0. The summed E-state index contributed by atoms with van der Waals surface area (Å²) in [5.41, 5.74) is 19.9. The number of para-hydroxylation sites is 4. The van der Waals surface area contributed by atoms with Crippen LogP contribution in [-0.4, -0.2) is 29.5 Å². The van der Waals surface area contributed by atoms with Gasteiger partial charge in [0, 0.05) is 59.4 Å². The maximum Gasteiger partial charge on any atom is 0.164 e. The summed E-state index contributed by atoms with van der Waals surface area (Å²) >= 11 is 1.73. The van der Waals surface area contributed by atoms with Crippen LogP contribution in [-0.2, 0) is 5.41 Å². The number of nitrogens with zero attached hydrogens (tertiary/aromatic N) is 6. The van der Waals surface area contributed by atoms with Gasteiger partial charge >= 0.3 is 0 Å². The molecule has 6 heterocycles. The molecule has 7 nitrogen and oxygen atoms in total. The monoisotopic (exact) mass is 1060 g/mol. The van der Waals surface area contributed by atoms with E-state index in [2.05, 4.69) is 223 Å². The fourth-order valence-corrected chi connectivity index (χ4v) is 14.7. The third-order valence-electron chi connectivity index (χ3n) is 17.1. The molecule has 0 bridgehead atoms. The first-order valence-electron chi connectivity index (χ1n) is 27.6. The Balaban J connectivity index is 0.923. The molecule has 0 fully saturated rings. The second kappa shape index (κ2) is 17.2. The molecule has 0 saturated carbocycles. The van der Waals surface area contributed by atoms with E-state index in [4.69, 9.17) is 29.3 Å². The summed E-state index contributed by atoms with van der Waals surface area (Å²) in [6, 6.07) is 90.9. The number of hydrogen-bond acceptors (Lipinski definition) is 7. The Morgan fingerprint density at radius 1 is 0.354 bits per heavy atom. The van der Waals surface area contributed by atoms with E-state index in [1.165, 1.54) is 38.5 Å². The Morgan fingerprint density at radius 2 is 0.976 bits per heavy atom. The molecule has 8 heteroatoms. The molecular weight excluding hydrogens is 1020 g/mol. The lowest BCUT2D eigenvalue weighted by Crippen LogP contribution is -2.33. The van der Waals surface area contributed by atoms with Crippen molar-refractivity contribution in [3.05, 3.63) is 277 Å². The first kappa shape index (κ1) is 45.2. The predicted octanol–water partition coefficient (Wildman–Crippen LogP) is 18.7. The third-order valence-corrected chi connectivity index (χ3v) is 18.2. The molecule has 11 aromatic carbocycles. The van der Waals surface area contributed by atoms with Crippen molar-refractivity contribution in [1.82, 2.24) is 29.5 Å². The smallest absolute Gasteiger partial charge is 0.164 e. The fraction of sp³-hybridized carbons (Fsp3) is 0.0135. The normalized spacial score (nSPS) is 14.1. The van der Waals surface area contributed by atoms with Crippen molar-refractivity contribution < 1.29 is 4.42 Å². The highest BCUT2D eigenvalue weighted by Crippen LogP contribution is 2.63. The number of benzene rings is 11. The molecule has 1 unspecified atom stereocenters. The summed E-state index contributed by atoms with van der Waals surface area (Å²) in [6.07, 6.45) is 0. The molecule has 0 N–H and O–H groups in total. The van der Waals surface area contributed by atoms with Crippen LogP contribution in [0.1, 0.15) is 22.3 Å². The minimum Gasteiger partial charge on any atom is -0.456 e. The van der Waals surface area contributed by atoms with Gasteiger partial charge in [-0.2, -0.15) is 0 Å². The first-order valence-corrected chi connectivity index (χ1v) is 28.5. The molecule has 2 aliphatic rings. The minimum atomic E-state index is -0.761. The second-order valence-corrected chi connectivity index (χ2v) is 22.5. The third kappa shape index (κ3) is 6.38. The zero-order valence-electron chi connectivity index (χ0n) is 43.7. The highest BCUT2D eigenvalue weighted by Gasteiger charge is 2.52. The predicted molar refractivity (Wildman–Crippen MR) is 333 cm³/mol. The number of rotatable bonds is 6. The van der Waals surface area contributed by atoms with Crippen molar-refractivity contribution in [2.75, 3.05) is 0 Å². The Hall–Kier alpha value is -10.7. The Morgan fingerprint density at radius 3 is 1.87 bits per heavy atom. The number of aromatic nitrogens is 6. The molecule has 0 radical (unpaired) electrons. The molecule has 1 aliphatic carbocycles. The van der Waals surface area contributed by atoms with Crippen LogP contribution >= 0.6 is 11.3 Å². The van der Waals surface area contributed by atoms with Crippen LogP contribution in [0.2, 0.25) is 0 Å². The van der Waals surface area contributed by atoms with Crippen molar-refractivity contribution in [3.8, 4) is 84.7 Å². The standard InChI is InChI=1S/C74H42N6OS/c1-3-18-43(19-4-1)45-22-15-23-47(40-45)72-77-70(44-20-5-2-6-21-44)78-73(79-72)54-28-17-30-58-65(54)55-41-48(37-39-56(55)74(58)57-29-10-12-33-61(57)80-60-32-11-7-24-49(60)52-27-16-31-59(74)68(52)80)71-75-66(69-67(76-71)53-26-9-14-35-64(53)82-69)46-36-38-51-50-25-8-13-34-62(50)81-63(51)42-46/h1-42H. The molecule has 18 rings (SSSR count). The van der Waals surface area contributed by atoms with E-state index >= 15 is 0 Å². The fourth-order valence-electron chi connectivity index (χ4n) is 13.6. The average Bonchev–Trinajstić information content (AvgIpc) is 1.95. The summed E-state index contributed by atoms with van der Waals surface area (Å²) in [5, 5.41) is 5.71. The molecule has 0 saturated heterocycles. The molecule has 0 amide bonds. The van der Waals surface area contributed by atoms with Crippen LogP contribution in [0.15, 0.2) is 259 Å². The van der Waals surface area contributed by atoms with Gasteiger partial charge in [0.2, 0.25) is 0 Å². The summed E-state index contributed by atoms with van der Waals surface area (Å²) < 4.78 is 11.2. The zero-order chi connectivity index (χ0) is 53.6. The van der Waals surface area contributed by atoms with Gasteiger partial charge in [-0.15, -0.1) is 11.3 Å². The lowest BCUT2D eigenvalue weighted by molar-refractivity contribution is 0.669. The molecule has 16 aromatic rings. The SMILES string of the molecule is c1ccc(-c2cccc(-c3nc(-c4ccccc4)nc(-c4cccc5c4-c4cc(-c6nc(-c7ccc8c(c7)oc7ccccc78)c7sc8ccccc8c7n6)ccc4C54c5ccccc5-n5c6ccccc6c6cccc4c65)n3)c2)cc1. The largest absolute Gasteiger partial charge is 0.456 e. The number of thiophene rings is 1. The maximum atomic E-state index is 6.50. The minimum absolute atomic E-state index is 0.585. The van der Waals surface area contributed by atoms with Crippen molar-refractivity contribution in [3.63, 3.8) is 0 Å². The van der Waals surface area contributed by atoms with E-state index in [-0.39, 0.29) is 0 Å². The highest BCUT2D eigenvalue weighted by molar-refractivity contribution is 7.26. The van der Waals surface area contributed by atoms with Gasteiger partial charge in [-0.05, 0) is 93.0 Å². The van der Waals surface area contributed by atoms with Crippen molar-refractivity contribution >= 4 is 75.4 Å². The van der Waals surface area contributed by atoms with E-state index in [0.29, 0.717) is 23.3 Å². The molecule has 1 spiro atoms. The molecule has 1 aliphatic heterocycles. The molecule has 5 aromatic heterocycles. The van der Waals surface area contributed by atoms with Gasteiger partial charge in [0.25, 0.3) is 0 Å². The Kier molecular flexibility index (Phi) is 9.47. The average molecular weight is 1060 g/mol. The van der Waals surface area contributed by atoms with Crippen molar-refractivity contribution in [1.29, 1.82) is 0 Å². The van der Waals surface area contributed by atoms with E-state index < -0.39 is 5.41 Å². The van der Waals surface area contributed by atoms with Gasteiger partial charge in [-0.1, -0.05) is 206 Å².